The van der Waals surface area contributed by atoms with Crippen molar-refractivity contribution in [1.29, 1.82) is 0 Å². The molecule has 0 aliphatic heterocycles. The van der Waals surface area contributed by atoms with Crippen molar-refractivity contribution >= 4 is 21.6 Å². The fraction of sp³-hybridized carbons (Fsp3) is 0.381. The number of hydrogen-bond acceptors (Lipinski definition) is 3. The van der Waals surface area contributed by atoms with Crippen LogP contribution in [-0.4, -0.2) is 27.1 Å². The summed E-state index contributed by atoms with van der Waals surface area (Å²) >= 11 is 0. The summed E-state index contributed by atoms with van der Waals surface area (Å²) in [6, 6.07) is 10.6. The molecule has 5 nitrogen and oxygen atoms in total. The van der Waals surface area contributed by atoms with Crippen molar-refractivity contribution in [3.63, 3.8) is 0 Å². The number of carbonyl (C=O) groups excluding carboxylic acids is 1. The SMILES string of the molecule is CC[C@@H](NC(=O)CCCN(c1ccc(F)c(F)c1)S(C)(=O)=O)c1ccccc1C. The Morgan fingerprint density at radius 2 is 1.83 bits per heavy atom. The molecule has 2 rings (SSSR count). The van der Waals surface area contributed by atoms with Crippen molar-refractivity contribution in [3.05, 3.63) is 65.2 Å². The van der Waals surface area contributed by atoms with Gasteiger partial charge in [0.15, 0.2) is 11.6 Å². The third-order valence-corrected chi connectivity index (χ3v) is 5.86. The largest absolute Gasteiger partial charge is 0.349 e. The Labute approximate surface area is 170 Å². The van der Waals surface area contributed by atoms with Gasteiger partial charge in [0.05, 0.1) is 18.0 Å². The molecule has 29 heavy (non-hydrogen) atoms. The van der Waals surface area contributed by atoms with Gasteiger partial charge >= 0.3 is 0 Å². The van der Waals surface area contributed by atoms with Gasteiger partial charge in [0.25, 0.3) is 0 Å². The molecule has 0 bridgehead atoms. The van der Waals surface area contributed by atoms with E-state index in [0.717, 1.165) is 40.2 Å². The molecule has 0 aromatic heterocycles. The number of hydrogen-bond donors (Lipinski definition) is 1. The molecule has 8 heteroatoms. The minimum absolute atomic E-state index is 0.0154. The van der Waals surface area contributed by atoms with Crippen molar-refractivity contribution in [2.75, 3.05) is 17.1 Å². The summed E-state index contributed by atoms with van der Waals surface area (Å²) < 4.78 is 51.7. The average Bonchev–Trinajstić information content (AvgIpc) is 2.65. The number of aryl methyl sites for hydroxylation is 1. The van der Waals surface area contributed by atoms with Gasteiger partial charge in [-0.1, -0.05) is 31.2 Å². The quantitative estimate of drug-likeness (QED) is 0.659. The predicted molar refractivity (Wildman–Crippen MR) is 110 cm³/mol. The second-order valence-corrected chi connectivity index (χ2v) is 8.83. The zero-order chi connectivity index (χ0) is 21.6. The minimum Gasteiger partial charge on any atom is -0.349 e. The molecule has 1 atom stereocenters. The maximum absolute atomic E-state index is 13.5. The van der Waals surface area contributed by atoms with E-state index in [1.165, 1.54) is 6.07 Å². The van der Waals surface area contributed by atoms with E-state index in [-0.39, 0.29) is 37.0 Å². The Morgan fingerprint density at radius 3 is 2.41 bits per heavy atom. The Bertz CT molecular complexity index is 964. The summed E-state index contributed by atoms with van der Waals surface area (Å²) in [5.41, 5.74) is 2.15. The van der Waals surface area contributed by atoms with Crippen LogP contribution in [0.25, 0.3) is 0 Å². The van der Waals surface area contributed by atoms with Crippen LogP contribution in [0, 0.1) is 18.6 Å². The highest BCUT2D eigenvalue weighted by Crippen LogP contribution is 2.22. The summed E-state index contributed by atoms with van der Waals surface area (Å²) in [6.45, 7) is 3.94. The lowest BCUT2D eigenvalue weighted by Crippen LogP contribution is -2.33. The summed E-state index contributed by atoms with van der Waals surface area (Å²) in [5.74, 6) is -2.37. The van der Waals surface area contributed by atoms with Crippen LogP contribution in [0.15, 0.2) is 42.5 Å². The molecule has 0 saturated heterocycles. The molecule has 0 aliphatic carbocycles. The number of rotatable bonds is 9. The fourth-order valence-corrected chi connectivity index (χ4v) is 4.11. The first kappa shape index (κ1) is 22.8. The van der Waals surface area contributed by atoms with Gasteiger partial charge in [-0.05, 0) is 43.0 Å². The molecule has 0 saturated carbocycles. The van der Waals surface area contributed by atoms with E-state index in [0.29, 0.717) is 0 Å². The molecule has 1 amide bonds. The fourth-order valence-electron chi connectivity index (χ4n) is 3.15. The van der Waals surface area contributed by atoms with Gasteiger partial charge in [-0.2, -0.15) is 0 Å². The van der Waals surface area contributed by atoms with Crippen LogP contribution in [0.3, 0.4) is 0 Å². The summed E-state index contributed by atoms with van der Waals surface area (Å²) in [4.78, 5) is 12.4. The molecule has 158 valence electrons. The molecule has 0 fully saturated rings. The third kappa shape index (κ3) is 6.25. The maximum atomic E-state index is 13.5. The van der Waals surface area contributed by atoms with E-state index < -0.39 is 21.7 Å². The van der Waals surface area contributed by atoms with E-state index in [4.69, 9.17) is 0 Å². The number of nitrogens with one attached hydrogen (secondary N) is 1. The van der Waals surface area contributed by atoms with Crippen molar-refractivity contribution < 1.29 is 22.0 Å². The second-order valence-electron chi connectivity index (χ2n) is 6.92. The first-order valence-corrected chi connectivity index (χ1v) is 11.3. The Hall–Kier alpha value is -2.48. The second kappa shape index (κ2) is 9.82. The van der Waals surface area contributed by atoms with Crippen molar-refractivity contribution in [2.45, 2.75) is 39.2 Å². The van der Waals surface area contributed by atoms with Crippen LogP contribution in [-0.2, 0) is 14.8 Å². The van der Waals surface area contributed by atoms with Gasteiger partial charge in [-0.15, -0.1) is 0 Å². The molecule has 1 N–H and O–H groups in total. The molecule has 0 spiro atoms. The van der Waals surface area contributed by atoms with Crippen LogP contribution in [0.2, 0.25) is 0 Å². The Balaban J connectivity index is 2.01. The lowest BCUT2D eigenvalue weighted by Gasteiger charge is -2.23. The minimum atomic E-state index is -3.71. The van der Waals surface area contributed by atoms with Crippen LogP contribution in [0.1, 0.15) is 43.4 Å². The smallest absolute Gasteiger partial charge is 0.232 e. The van der Waals surface area contributed by atoms with E-state index in [1.54, 1.807) is 0 Å². The van der Waals surface area contributed by atoms with Gasteiger partial charge in [0, 0.05) is 19.0 Å². The summed E-state index contributed by atoms with van der Waals surface area (Å²) in [5, 5.41) is 2.98. The monoisotopic (exact) mass is 424 g/mol. The van der Waals surface area contributed by atoms with Gasteiger partial charge in [0.2, 0.25) is 15.9 Å². The Morgan fingerprint density at radius 1 is 1.14 bits per heavy atom. The number of carbonyl (C=O) groups is 1. The maximum Gasteiger partial charge on any atom is 0.232 e. The zero-order valence-corrected chi connectivity index (χ0v) is 17.6. The van der Waals surface area contributed by atoms with Crippen molar-refractivity contribution in [1.82, 2.24) is 5.32 Å². The number of sulfonamides is 1. The number of halogens is 2. The van der Waals surface area contributed by atoms with Gasteiger partial charge in [0.1, 0.15) is 0 Å². The number of nitrogens with zero attached hydrogens (tertiary/aromatic N) is 1. The average molecular weight is 425 g/mol. The third-order valence-electron chi connectivity index (χ3n) is 4.66. The number of benzene rings is 2. The highest BCUT2D eigenvalue weighted by atomic mass is 32.2. The number of anilines is 1. The molecule has 0 heterocycles. The topological polar surface area (TPSA) is 66.5 Å². The number of amides is 1. The highest BCUT2D eigenvalue weighted by Gasteiger charge is 2.20. The normalized spacial score (nSPS) is 12.4. The van der Waals surface area contributed by atoms with E-state index in [1.807, 2.05) is 38.1 Å². The Kier molecular flexibility index (Phi) is 7.73. The molecule has 0 radical (unpaired) electrons. The highest BCUT2D eigenvalue weighted by molar-refractivity contribution is 7.92. The molecule has 2 aromatic rings. The summed E-state index contributed by atoms with van der Waals surface area (Å²) in [6.07, 6.45) is 2.06. The van der Waals surface area contributed by atoms with E-state index >= 15 is 0 Å². The van der Waals surface area contributed by atoms with Crippen LogP contribution in [0.4, 0.5) is 14.5 Å². The molecule has 0 unspecified atom stereocenters. The predicted octanol–water partition coefficient (Wildman–Crippen LogP) is 4.09. The first-order chi connectivity index (χ1) is 13.6. The molecular weight excluding hydrogens is 398 g/mol. The lowest BCUT2D eigenvalue weighted by molar-refractivity contribution is -0.121. The standard InChI is InChI=1S/C21H26F2N2O3S/c1-4-20(17-9-6-5-8-15(17)2)24-21(26)10-7-13-25(29(3,27)28)16-11-12-18(22)19(23)14-16/h5-6,8-9,11-12,14,20H,4,7,10,13H2,1-3H3,(H,24,26)/t20-/m1/s1. The van der Waals surface area contributed by atoms with Gasteiger partial charge in [-0.3, -0.25) is 9.10 Å². The first-order valence-electron chi connectivity index (χ1n) is 9.41. The lowest BCUT2D eigenvalue weighted by atomic mass is 9.99. The molecule has 2 aromatic carbocycles. The van der Waals surface area contributed by atoms with Gasteiger partial charge < -0.3 is 5.32 Å². The van der Waals surface area contributed by atoms with Crippen molar-refractivity contribution in [3.8, 4) is 0 Å². The molecular formula is C21H26F2N2O3S. The molecule has 0 aliphatic rings. The van der Waals surface area contributed by atoms with Crippen molar-refractivity contribution in [2.24, 2.45) is 0 Å². The zero-order valence-electron chi connectivity index (χ0n) is 16.8. The van der Waals surface area contributed by atoms with Gasteiger partial charge in [-0.25, -0.2) is 17.2 Å². The van der Waals surface area contributed by atoms with Crippen LogP contribution < -0.4 is 9.62 Å². The van der Waals surface area contributed by atoms with Crippen LogP contribution in [0.5, 0.6) is 0 Å². The summed E-state index contributed by atoms with van der Waals surface area (Å²) in [7, 11) is -3.71. The van der Waals surface area contributed by atoms with E-state index in [9.17, 15) is 22.0 Å². The van der Waals surface area contributed by atoms with Crippen LogP contribution >= 0.6 is 0 Å². The van der Waals surface area contributed by atoms with E-state index in [2.05, 4.69) is 5.32 Å².